The maximum atomic E-state index is 12.0. The number of hydrogen-bond donors (Lipinski definition) is 1. The van der Waals surface area contributed by atoms with Crippen LogP contribution in [0.5, 0.6) is 0 Å². The minimum Gasteiger partial charge on any atom is -0.469 e. The van der Waals surface area contributed by atoms with Gasteiger partial charge in [0.25, 0.3) is 0 Å². The lowest BCUT2D eigenvalue weighted by atomic mass is 9.99. The van der Waals surface area contributed by atoms with Crippen molar-refractivity contribution in [3.8, 4) is 0 Å². The summed E-state index contributed by atoms with van der Waals surface area (Å²) >= 11 is 0. The molecule has 0 aromatic heterocycles. The Morgan fingerprint density at radius 1 is 1.41 bits per heavy atom. The molecule has 0 fully saturated rings. The first-order chi connectivity index (χ1) is 10.6. The Labute approximate surface area is 132 Å². The van der Waals surface area contributed by atoms with Gasteiger partial charge in [-0.3, -0.25) is 9.69 Å². The van der Waals surface area contributed by atoms with E-state index in [0.29, 0.717) is 25.1 Å². The third kappa shape index (κ3) is 6.24. The molecule has 4 nitrogen and oxygen atoms in total. The molecule has 0 amide bonds. The predicted octanol–water partition coefficient (Wildman–Crippen LogP) is 2.40. The number of carbonyl (C=O) groups is 1. The Morgan fingerprint density at radius 3 is 2.64 bits per heavy atom. The monoisotopic (exact) mass is 303 g/mol. The Balaban J connectivity index is 2.77. The molecule has 1 rings (SSSR count). The van der Waals surface area contributed by atoms with E-state index in [1.807, 2.05) is 24.3 Å². The minimum absolute atomic E-state index is 0.117. The van der Waals surface area contributed by atoms with Crippen LogP contribution in [-0.2, 0) is 16.1 Å². The van der Waals surface area contributed by atoms with Gasteiger partial charge < -0.3 is 9.84 Å². The molecule has 0 saturated heterocycles. The van der Waals surface area contributed by atoms with Crippen LogP contribution >= 0.6 is 0 Å². The van der Waals surface area contributed by atoms with Gasteiger partial charge in [0.05, 0.1) is 19.6 Å². The average molecular weight is 303 g/mol. The van der Waals surface area contributed by atoms with E-state index >= 15 is 0 Å². The van der Waals surface area contributed by atoms with Crippen molar-refractivity contribution in [1.82, 2.24) is 4.90 Å². The molecule has 0 saturated carbocycles. The first-order valence-electron chi connectivity index (χ1n) is 7.33. The topological polar surface area (TPSA) is 49.8 Å². The largest absolute Gasteiger partial charge is 0.469 e. The standard InChI is InChI=1S/C18H25NO3/c1-4-10-19(12-16-8-6-5-7-9-16)13-17(18(21)22-3)11-15(2)14-20/h4-9,17,20H,1-2,10-14H2,3H3. The van der Waals surface area contributed by atoms with Gasteiger partial charge in [-0.1, -0.05) is 48.6 Å². The molecule has 1 atom stereocenters. The van der Waals surface area contributed by atoms with Gasteiger partial charge in [0, 0.05) is 19.6 Å². The van der Waals surface area contributed by atoms with Crippen LogP contribution in [-0.4, -0.2) is 42.8 Å². The molecule has 1 N–H and O–H groups in total. The molecule has 0 bridgehead atoms. The Hall–Kier alpha value is -1.91. The molecule has 1 aromatic carbocycles. The zero-order valence-corrected chi connectivity index (χ0v) is 13.2. The number of ether oxygens (including phenoxy) is 1. The van der Waals surface area contributed by atoms with Gasteiger partial charge in [0.2, 0.25) is 0 Å². The second-order valence-corrected chi connectivity index (χ2v) is 5.30. The predicted molar refractivity (Wildman–Crippen MR) is 88.3 cm³/mol. The number of esters is 1. The number of carbonyl (C=O) groups excluding carboxylic acids is 1. The average Bonchev–Trinajstić information content (AvgIpc) is 2.54. The molecular formula is C18H25NO3. The van der Waals surface area contributed by atoms with Crippen LogP contribution in [0.1, 0.15) is 12.0 Å². The fourth-order valence-electron chi connectivity index (χ4n) is 2.34. The summed E-state index contributed by atoms with van der Waals surface area (Å²) in [7, 11) is 1.38. The van der Waals surface area contributed by atoms with Gasteiger partial charge >= 0.3 is 5.97 Å². The van der Waals surface area contributed by atoms with Gasteiger partial charge in [0.15, 0.2) is 0 Å². The smallest absolute Gasteiger partial charge is 0.310 e. The second kappa shape index (κ2) is 9.92. The third-order valence-corrected chi connectivity index (χ3v) is 3.41. The number of aliphatic hydroxyl groups is 1. The van der Waals surface area contributed by atoms with Crippen LogP contribution in [0, 0.1) is 5.92 Å². The van der Waals surface area contributed by atoms with E-state index in [1.165, 1.54) is 12.7 Å². The summed E-state index contributed by atoms with van der Waals surface area (Å²) in [6.07, 6.45) is 2.24. The van der Waals surface area contributed by atoms with Crippen molar-refractivity contribution in [2.24, 2.45) is 5.92 Å². The highest BCUT2D eigenvalue weighted by molar-refractivity contribution is 5.72. The van der Waals surface area contributed by atoms with Crippen LogP contribution in [0.25, 0.3) is 0 Å². The number of hydrogen-bond acceptors (Lipinski definition) is 4. The summed E-state index contributed by atoms with van der Waals surface area (Å²) in [6.45, 7) is 9.37. The van der Waals surface area contributed by atoms with E-state index in [-0.39, 0.29) is 18.5 Å². The Bertz CT molecular complexity index is 484. The van der Waals surface area contributed by atoms with Crippen molar-refractivity contribution in [1.29, 1.82) is 0 Å². The molecule has 1 aromatic rings. The molecule has 0 radical (unpaired) electrons. The first kappa shape index (κ1) is 18.1. The molecule has 0 spiro atoms. The fraction of sp³-hybridized carbons (Fsp3) is 0.389. The van der Waals surface area contributed by atoms with Gasteiger partial charge in [0.1, 0.15) is 0 Å². The lowest BCUT2D eigenvalue weighted by Gasteiger charge is -2.25. The van der Waals surface area contributed by atoms with Crippen molar-refractivity contribution in [2.45, 2.75) is 13.0 Å². The highest BCUT2D eigenvalue weighted by Crippen LogP contribution is 2.16. The van der Waals surface area contributed by atoms with E-state index in [4.69, 9.17) is 9.84 Å². The summed E-state index contributed by atoms with van der Waals surface area (Å²) in [6, 6.07) is 10.1. The van der Waals surface area contributed by atoms with Gasteiger partial charge in [-0.15, -0.1) is 6.58 Å². The Kier molecular flexibility index (Phi) is 8.18. The normalized spacial score (nSPS) is 12.0. The molecule has 0 aliphatic rings. The summed E-state index contributed by atoms with van der Waals surface area (Å²) in [5.74, 6) is -0.620. The summed E-state index contributed by atoms with van der Waals surface area (Å²) in [4.78, 5) is 14.1. The highest BCUT2D eigenvalue weighted by Gasteiger charge is 2.23. The van der Waals surface area contributed by atoms with Crippen LogP contribution in [0.2, 0.25) is 0 Å². The molecule has 1 unspecified atom stereocenters. The number of methoxy groups -OCH3 is 1. The summed E-state index contributed by atoms with van der Waals surface area (Å²) < 4.78 is 4.87. The number of aliphatic hydroxyl groups excluding tert-OH is 1. The Morgan fingerprint density at radius 2 is 2.09 bits per heavy atom. The second-order valence-electron chi connectivity index (χ2n) is 5.30. The molecule has 120 valence electrons. The van der Waals surface area contributed by atoms with Crippen LogP contribution in [0.3, 0.4) is 0 Å². The first-order valence-corrected chi connectivity index (χ1v) is 7.33. The quantitative estimate of drug-likeness (QED) is 0.533. The molecular weight excluding hydrogens is 278 g/mol. The van der Waals surface area contributed by atoms with E-state index in [0.717, 1.165) is 6.54 Å². The van der Waals surface area contributed by atoms with Crippen molar-refractivity contribution in [3.05, 3.63) is 60.7 Å². The maximum Gasteiger partial charge on any atom is 0.310 e. The van der Waals surface area contributed by atoms with Crippen molar-refractivity contribution >= 4 is 5.97 Å². The summed E-state index contributed by atoms with van der Waals surface area (Å²) in [5.41, 5.74) is 1.81. The van der Waals surface area contributed by atoms with Gasteiger partial charge in [-0.2, -0.15) is 0 Å². The van der Waals surface area contributed by atoms with Gasteiger partial charge in [-0.05, 0) is 12.0 Å². The third-order valence-electron chi connectivity index (χ3n) is 3.41. The molecule has 0 aliphatic heterocycles. The van der Waals surface area contributed by atoms with Crippen molar-refractivity contribution in [2.75, 3.05) is 26.8 Å². The van der Waals surface area contributed by atoms with Gasteiger partial charge in [-0.25, -0.2) is 0 Å². The highest BCUT2D eigenvalue weighted by atomic mass is 16.5. The van der Waals surface area contributed by atoms with E-state index < -0.39 is 0 Å². The zero-order valence-electron chi connectivity index (χ0n) is 13.2. The number of nitrogens with zero attached hydrogens (tertiary/aromatic N) is 1. The summed E-state index contributed by atoms with van der Waals surface area (Å²) in [5, 5.41) is 9.13. The zero-order chi connectivity index (χ0) is 16.4. The van der Waals surface area contributed by atoms with Crippen LogP contribution < -0.4 is 0 Å². The van der Waals surface area contributed by atoms with Crippen LogP contribution in [0.15, 0.2) is 55.1 Å². The van der Waals surface area contributed by atoms with E-state index in [1.54, 1.807) is 0 Å². The fourth-order valence-corrected chi connectivity index (χ4v) is 2.34. The van der Waals surface area contributed by atoms with Crippen LogP contribution in [0.4, 0.5) is 0 Å². The van der Waals surface area contributed by atoms with E-state index in [9.17, 15) is 4.79 Å². The number of rotatable bonds is 10. The van der Waals surface area contributed by atoms with Crippen molar-refractivity contribution in [3.63, 3.8) is 0 Å². The minimum atomic E-state index is -0.340. The van der Waals surface area contributed by atoms with Crippen molar-refractivity contribution < 1.29 is 14.6 Å². The molecule has 0 aliphatic carbocycles. The number of benzene rings is 1. The SMILES string of the molecule is C=CCN(Cc1ccccc1)CC(CC(=C)CO)C(=O)OC. The molecule has 0 heterocycles. The molecule has 22 heavy (non-hydrogen) atoms. The maximum absolute atomic E-state index is 12.0. The molecule has 4 heteroatoms. The van der Waals surface area contributed by atoms with E-state index in [2.05, 4.69) is 30.2 Å². The lowest BCUT2D eigenvalue weighted by Crippen LogP contribution is -2.34. The lowest BCUT2D eigenvalue weighted by molar-refractivity contribution is -0.146.